The van der Waals surface area contributed by atoms with Crippen LogP contribution in [0.15, 0.2) is 315 Å². The molecule has 15 aromatic rings. The molecule has 0 nitrogen and oxygen atoms in total. The van der Waals surface area contributed by atoms with Crippen molar-refractivity contribution in [1.82, 2.24) is 0 Å². The molecule has 15 aromatic carbocycles. The van der Waals surface area contributed by atoms with E-state index in [9.17, 15) is 0 Å². The largest absolute Gasteiger partial charge is 0.0622 e. The molecule has 0 atom stereocenters. The number of hydrogen-bond donors (Lipinski definition) is 0. The smallest absolute Gasteiger partial charge is 0.00201 e. The molecule has 0 saturated carbocycles. The second kappa shape index (κ2) is 20.2. The van der Waals surface area contributed by atoms with Crippen molar-refractivity contribution in [3.05, 3.63) is 315 Å². The van der Waals surface area contributed by atoms with Gasteiger partial charge in [0.2, 0.25) is 0 Å². The van der Waals surface area contributed by atoms with E-state index in [0.29, 0.717) is 0 Å². The zero-order chi connectivity index (χ0) is 51.8. The lowest BCUT2D eigenvalue weighted by atomic mass is 9.83. The fourth-order valence-corrected chi connectivity index (χ4v) is 12.1. The average Bonchev–Trinajstić information content (AvgIpc) is 3.63. The molecular weight excluding hydrogens is 937 g/mol. The second-order valence-corrected chi connectivity index (χ2v) is 20.2. The van der Waals surface area contributed by atoms with Gasteiger partial charge in [-0.15, -0.1) is 0 Å². The number of fused-ring (bicyclic) bond motifs is 6. The summed E-state index contributed by atoms with van der Waals surface area (Å²) >= 11 is 0. The Labute approximate surface area is 455 Å². The topological polar surface area (TPSA) is 0 Å². The Balaban J connectivity index is 0.000000142. The van der Waals surface area contributed by atoms with Crippen LogP contribution in [0.4, 0.5) is 0 Å². The summed E-state index contributed by atoms with van der Waals surface area (Å²) < 4.78 is 0. The van der Waals surface area contributed by atoms with Crippen LogP contribution in [0.1, 0.15) is 0 Å². The molecule has 0 saturated heterocycles. The molecule has 15 rings (SSSR count). The molecule has 78 heavy (non-hydrogen) atoms. The summed E-state index contributed by atoms with van der Waals surface area (Å²) in [5.74, 6) is 0. The van der Waals surface area contributed by atoms with Crippen LogP contribution in [0.2, 0.25) is 0 Å². The van der Waals surface area contributed by atoms with E-state index in [-0.39, 0.29) is 0 Å². The highest BCUT2D eigenvalue weighted by Crippen LogP contribution is 2.48. The van der Waals surface area contributed by atoms with Crippen molar-refractivity contribution in [2.75, 3.05) is 0 Å². The highest BCUT2D eigenvalue weighted by atomic mass is 14.2. The van der Waals surface area contributed by atoms with Crippen molar-refractivity contribution in [1.29, 1.82) is 0 Å². The van der Waals surface area contributed by atoms with Crippen molar-refractivity contribution in [2.45, 2.75) is 0 Å². The Bertz CT molecular complexity index is 4670. The van der Waals surface area contributed by atoms with E-state index >= 15 is 0 Å². The normalized spacial score (nSPS) is 11.3. The summed E-state index contributed by atoms with van der Waals surface area (Å²) in [5, 5.41) is 15.3. The zero-order valence-corrected chi connectivity index (χ0v) is 43.0. The maximum Gasteiger partial charge on any atom is -0.00201 e. The molecule has 364 valence electrons. The van der Waals surface area contributed by atoms with E-state index in [1.165, 1.54) is 143 Å². The molecule has 0 radical (unpaired) electrons. The van der Waals surface area contributed by atoms with Gasteiger partial charge in [-0.3, -0.25) is 0 Å². The lowest BCUT2D eigenvalue weighted by Gasteiger charge is -2.20. The third-order valence-electron chi connectivity index (χ3n) is 15.7. The van der Waals surface area contributed by atoms with Crippen molar-refractivity contribution in [3.8, 4) is 77.9 Å². The molecule has 0 N–H and O–H groups in total. The first-order chi connectivity index (χ1) is 38.7. The Kier molecular flexibility index (Phi) is 12.0. The van der Waals surface area contributed by atoms with Gasteiger partial charge in [-0.05, 0) is 161 Å². The quantitative estimate of drug-likeness (QED) is 0.140. The minimum atomic E-state index is 1.23. The maximum absolute atomic E-state index is 2.40. The average molecular weight is 989 g/mol. The molecule has 0 fully saturated rings. The van der Waals surface area contributed by atoms with Gasteiger partial charge in [0.25, 0.3) is 0 Å². The van der Waals surface area contributed by atoms with Gasteiger partial charge in [-0.25, -0.2) is 0 Å². The van der Waals surface area contributed by atoms with Crippen LogP contribution in [0, 0.1) is 0 Å². The molecule has 0 aliphatic heterocycles. The van der Waals surface area contributed by atoms with E-state index < -0.39 is 0 Å². The van der Waals surface area contributed by atoms with Crippen molar-refractivity contribution in [2.24, 2.45) is 0 Å². The fraction of sp³-hybridized carbons (Fsp3) is 0. The number of rotatable bonds is 7. The van der Waals surface area contributed by atoms with Crippen LogP contribution in [-0.2, 0) is 0 Å². The van der Waals surface area contributed by atoms with Gasteiger partial charge in [0.15, 0.2) is 0 Å². The van der Waals surface area contributed by atoms with E-state index in [2.05, 4.69) is 315 Å². The van der Waals surface area contributed by atoms with Crippen LogP contribution in [0.25, 0.3) is 143 Å². The molecule has 0 unspecified atom stereocenters. The molecule has 0 aliphatic rings. The van der Waals surface area contributed by atoms with Crippen LogP contribution in [0.3, 0.4) is 0 Å². The van der Waals surface area contributed by atoms with Crippen LogP contribution >= 0.6 is 0 Å². The standard InChI is InChI=1S/C40H26.C38H26/c1-2-11-27(12-3-1)31-23-24-37-38(26-31)39(32-22-21-28-13-4-5-15-30(28)25-32)35-18-8-9-19-36(35)40(37)34-20-10-16-29-14-6-7-17-33(29)34;1-4-12-27(13-5-1)29-20-22-31(23-21-29)37-33-18-10-11-19-34(33)38(30-16-8-3-9-17-30)36-26-32(24-25-35(36)37)28-14-6-2-7-15-28/h1-26H;1-26H. The monoisotopic (exact) mass is 988 g/mol. The lowest BCUT2D eigenvalue weighted by molar-refractivity contribution is 1.61. The molecular formula is C78H52. The Hall–Kier alpha value is -10.1. The van der Waals surface area contributed by atoms with E-state index in [1.54, 1.807) is 0 Å². The van der Waals surface area contributed by atoms with E-state index in [1.807, 2.05) is 0 Å². The van der Waals surface area contributed by atoms with Gasteiger partial charge in [-0.2, -0.15) is 0 Å². The lowest BCUT2D eigenvalue weighted by Crippen LogP contribution is -1.92. The minimum Gasteiger partial charge on any atom is -0.0622 e. The molecule has 0 bridgehead atoms. The molecule has 0 heteroatoms. The van der Waals surface area contributed by atoms with Gasteiger partial charge in [0, 0.05) is 0 Å². The zero-order valence-electron chi connectivity index (χ0n) is 43.0. The predicted octanol–water partition coefficient (Wildman–Crippen LogP) is 22.0. The summed E-state index contributed by atoms with van der Waals surface area (Å²) in [6.07, 6.45) is 0. The van der Waals surface area contributed by atoms with Crippen molar-refractivity contribution >= 4 is 64.6 Å². The maximum atomic E-state index is 2.40. The first-order valence-electron chi connectivity index (χ1n) is 27.0. The van der Waals surface area contributed by atoms with Gasteiger partial charge in [-0.1, -0.05) is 297 Å². The Morgan fingerprint density at radius 3 is 1.00 bits per heavy atom. The van der Waals surface area contributed by atoms with Gasteiger partial charge in [0.05, 0.1) is 0 Å². The van der Waals surface area contributed by atoms with Gasteiger partial charge >= 0.3 is 0 Å². The third-order valence-corrected chi connectivity index (χ3v) is 15.7. The van der Waals surface area contributed by atoms with E-state index in [4.69, 9.17) is 0 Å². The van der Waals surface area contributed by atoms with Gasteiger partial charge in [0.1, 0.15) is 0 Å². The summed E-state index contributed by atoms with van der Waals surface area (Å²) in [6, 6.07) is 115. The fourth-order valence-electron chi connectivity index (χ4n) is 12.1. The van der Waals surface area contributed by atoms with Crippen molar-refractivity contribution in [3.63, 3.8) is 0 Å². The molecule has 0 heterocycles. The summed E-state index contributed by atoms with van der Waals surface area (Å²) in [7, 11) is 0. The number of hydrogen-bond acceptors (Lipinski definition) is 0. The van der Waals surface area contributed by atoms with Gasteiger partial charge < -0.3 is 0 Å². The van der Waals surface area contributed by atoms with Crippen LogP contribution < -0.4 is 0 Å². The first-order valence-corrected chi connectivity index (χ1v) is 27.0. The third kappa shape index (κ3) is 8.47. The molecule has 0 aliphatic carbocycles. The SMILES string of the molecule is c1ccc(-c2ccc(-c3c4ccccc4c(-c4ccccc4)c4cc(-c5ccccc5)ccc34)cc2)cc1.c1ccc(-c2ccc3c(-c4cccc5ccccc45)c4ccccc4c(-c4ccc5ccccc5c4)c3c2)cc1. The predicted molar refractivity (Wildman–Crippen MR) is 336 cm³/mol. The summed E-state index contributed by atoms with van der Waals surface area (Å²) in [4.78, 5) is 0. The van der Waals surface area contributed by atoms with Crippen molar-refractivity contribution < 1.29 is 0 Å². The van der Waals surface area contributed by atoms with E-state index in [0.717, 1.165) is 0 Å². The minimum absolute atomic E-state index is 1.23. The highest BCUT2D eigenvalue weighted by molar-refractivity contribution is 6.25. The first kappa shape index (κ1) is 46.4. The molecule has 0 spiro atoms. The van der Waals surface area contributed by atoms with Crippen LogP contribution in [0.5, 0.6) is 0 Å². The Morgan fingerprint density at radius 1 is 0.128 bits per heavy atom. The highest BCUT2D eigenvalue weighted by Gasteiger charge is 2.20. The summed E-state index contributed by atoms with van der Waals surface area (Å²) in [5.41, 5.74) is 17.6. The number of benzene rings is 15. The Morgan fingerprint density at radius 2 is 0.449 bits per heavy atom. The second-order valence-electron chi connectivity index (χ2n) is 20.2. The summed E-state index contributed by atoms with van der Waals surface area (Å²) in [6.45, 7) is 0. The van der Waals surface area contributed by atoms with Crippen LogP contribution in [-0.4, -0.2) is 0 Å². The molecule has 0 aromatic heterocycles. The molecule has 0 amide bonds.